The summed E-state index contributed by atoms with van der Waals surface area (Å²) >= 11 is 1.39. The van der Waals surface area contributed by atoms with Crippen LogP contribution in [0.15, 0.2) is 23.5 Å². The van der Waals surface area contributed by atoms with E-state index >= 15 is 4.39 Å². The van der Waals surface area contributed by atoms with Crippen LogP contribution in [0.5, 0.6) is 0 Å². The highest BCUT2D eigenvalue weighted by Gasteiger charge is 2.51. The summed E-state index contributed by atoms with van der Waals surface area (Å²) in [4.78, 5) is 25.2. The first-order valence-corrected chi connectivity index (χ1v) is 12.6. The van der Waals surface area contributed by atoms with Crippen molar-refractivity contribution in [1.29, 1.82) is 0 Å². The molecule has 0 saturated carbocycles. The molecule has 0 unspecified atom stereocenters. The maximum atomic E-state index is 16.0. The summed E-state index contributed by atoms with van der Waals surface area (Å²) in [6, 6.07) is 3.88. The lowest BCUT2D eigenvalue weighted by atomic mass is 9.79. The van der Waals surface area contributed by atoms with Gasteiger partial charge in [0.05, 0.1) is 11.7 Å². The van der Waals surface area contributed by atoms with E-state index in [-0.39, 0.29) is 11.5 Å². The number of hydrogen-bond donors (Lipinski definition) is 1. The molecule has 5 rings (SSSR count). The van der Waals surface area contributed by atoms with Crippen LogP contribution in [-0.2, 0) is 4.74 Å². The highest BCUT2D eigenvalue weighted by atomic mass is 32.2. The van der Waals surface area contributed by atoms with Crippen molar-refractivity contribution in [2.75, 3.05) is 37.3 Å². The van der Waals surface area contributed by atoms with Crippen molar-refractivity contribution < 1.29 is 13.9 Å². The topological polar surface area (TPSA) is 87.2 Å². The first-order chi connectivity index (χ1) is 16.1. The predicted octanol–water partition coefficient (Wildman–Crippen LogP) is 4.64. The molecule has 1 amide bonds. The molecule has 2 saturated heterocycles. The molecule has 2 fully saturated rings. The second-order valence-corrected chi connectivity index (χ2v) is 11.1. The predicted molar refractivity (Wildman–Crippen MR) is 131 cm³/mol. The Kier molecular flexibility index (Phi) is 5.46. The Bertz CT molecular complexity index is 1260. The van der Waals surface area contributed by atoms with E-state index in [4.69, 9.17) is 4.74 Å². The van der Waals surface area contributed by atoms with Crippen LogP contribution in [0.25, 0.3) is 22.2 Å². The van der Waals surface area contributed by atoms with Crippen molar-refractivity contribution in [2.45, 2.75) is 44.9 Å². The summed E-state index contributed by atoms with van der Waals surface area (Å²) < 4.78 is 21.5. The number of carbonyl (C=O) groups is 1. The van der Waals surface area contributed by atoms with Gasteiger partial charge in [0, 0.05) is 42.5 Å². The normalized spacial score (nSPS) is 17.5. The Labute approximate surface area is 202 Å². The maximum absolute atomic E-state index is 16.0. The molecule has 0 aliphatic carbocycles. The monoisotopic (exact) mass is 484 g/mol. The minimum absolute atomic E-state index is 0.0610. The third kappa shape index (κ3) is 3.97. The molecule has 1 aromatic carbocycles. The first kappa shape index (κ1) is 22.9. The molecule has 3 aromatic rings. The Morgan fingerprint density at radius 2 is 2.00 bits per heavy atom. The van der Waals surface area contributed by atoms with Gasteiger partial charge in [0.1, 0.15) is 11.3 Å². The van der Waals surface area contributed by atoms with Crippen molar-refractivity contribution in [3.05, 3.63) is 29.7 Å². The van der Waals surface area contributed by atoms with Crippen LogP contribution in [0, 0.1) is 18.2 Å². The molecular formula is C24H29FN6O2S. The fourth-order valence-electron chi connectivity index (χ4n) is 4.92. The number of rotatable bonds is 3. The van der Waals surface area contributed by atoms with Gasteiger partial charge in [-0.2, -0.15) is 5.10 Å². The Morgan fingerprint density at radius 1 is 1.24 bits per heavy atom. The molecule has 0 radical (unpaired) electrons. The quantitative estimate of drug-likeness (QED) is 0.428. The number of carbonyl (C=O) groups excluding carboxylic acids is 1. The molecule has 10 heteroatoms. The summed E-state index contributed by atoms with van der Waals surface area (Å²) in [5.41, 5.74) is 2.21. The van der Waals surface area contributed by atoms with Crippen LogP contribution in [0.3, 0.4) is 0 Å². The van der Waals surface area contributed by atoms with Crippen molar-refractivity contribution in [3.8, 4) is 11.3 Å². The summed E-state index contributed by atoms with van der Waals surface area (Å²) in [6.07, 6.45) is 4.18. The van der Waals surface area contributed by atoms with Gasteiger partial charge in [-0.1, -0.05) is 17.8 Å². The Hall–Kier alpha value is -2.88. The molecule has 1 N–H and O–H groups in total. The van der Waals surface area contributed by atoms with Crippen LogP contribution in [-0.4, -0.2) is 69.2 Å². The third-order valence-electron chi connectivity index (χ3n) is 6.51. The molecule has 2 aliphatic heterocycles. The van der Waals surface area contributed by atoms with Crippen LogP contribution in [0.2, 0.25) is 0 Å². The van der Waals surface area contributed by atoms with Crippen molar-refractivity contribution in [3.63, 3.8) is 0 Å². The van der Waals surface area contributed by atoms with E-state index in [0.717, 1.165) is 28.5 Å². The fraction of sp³-hybridized carbons (Fsp3) is 0.500. The highest BCUT2D eigenvalue weighted by molar-refractivity contribution is 7.98. The van der Waals surface area contributed by atoms with Crippen molar-refractivity contribution in [1.82, 2.24) is 25.1 Å². The lowest BCUT2D eigenvalue weighted by molar-refractivity contribution is -0.0266. The zero-order valence-electron chi connectivity index (χ0n) is 20.1. The van der Waals surface area contributed by atoms with Gasteiger partial charge < -0.3 is 14.5 Å². The second-order valence-electron chi connectivity index (χ2n) is 10.3. The summed E-state index contributed by atoms with van der Waals surface area (Å²) in [7, 11) is 0. The van der Waals surface area contributed by atoms with E-state index < -0.39 is 11.4 Å². The number of ether oxygens (including phenoxy) is 1. The van der Waals surface area contributed by atoms with E-state index in [1.807, 2.05) is 51.0 Å². The Balaban J connectivity index is 1.43. The fourth-order valence-corrected chi connectivity index (χ4v) is 5.28. The molecular weight excluding hydrogens is 455 g/mol. The standard InChI is InChI=1S/C24H29FN6O2S/c1-14-6-7-16-15(10-26-29-16)17(14)19-18(25)20(28-21(27-19)34-5)30-9-8-24(11-30)12-31(13-24)22(32)33-23(2,3)4/h6-7,10H,8-9,11-13H2,1-5H3,(H,26,29). The summed E-state index contributed by atoms with van der Waals surface area (Å²) in [6.45, 7) is 10.1. The maximum Gasteiger partial charge on any atom is 0.410 e. The molecule has 0 bridgehead atoms. The largest absolute Gasteiger partial charge is 0.444 e. The third-order valence-corrected chi connectivity index (χ3v) is 7.05. The summed E-state index contributed by atoms with van der Waals surface area (Å²) in [5.74, 6) is -0.100. The minimum Gasteiger partial charge on any atom is -0.444 e. The van der Waals surface area contributed by atoms with E-state index in [0.29, 0.717) is 42.8 Å². The van der Waals surface area contributed by atoms with Gasteiger partial charge in [-0.05, 0) is 52.0 Å². The zero-order chi connectivity index (χ0) is 24.3. The minimum atomic E-state index is -0.522. The van der Waals surface area contributed by atoms with Gasteiger partial charge in [0.15, 0.2) is 16.8 Å². The molecule has 2 aliphatic rings. The first-order valence-electron chi connectivity index (χ1n) is 11.4. The number of aromatic amines is 1. The number of aromatic nitrogens is 4. The number of thioether (sulfide) groups is 1. The molecule has 4 heterocycles. The number of hydrogen-bond acceptors (Lipinski definition) is 7. The molecule has 2 aromatic heterocycles. The van der Waals surface area contributed by atoms with Crippen molar-refractivity contribution in [2.24, 2.45) is 5.41 Å². The second kappa shape index (κ2) is 8.11. The average molecular weight is 485 g/mol. The number of benzene rings is 1. The SMILES string of the molecule is CSc1nc(-c2c(C)ccc3[nH]ncc23)c(F)c(N2CCC3(CN(C(=O)OC(C)(C)C)C3)C2)n1. The molecule has 8 nitrogen and oxygen atoms in total. The summed E-state index contributed by atoms with van der Waals surface area (Å²) in [5, 5.41) is 8.44. The number of fused-ring (bicyclic) bond motifs is 1. The van der Waals surface area contributed by atoms with E-state index in [9.17, 15) is 4.79 Å². The highest BCUT2D eigenvalue weighted by Crippen LogP contribution is 2.43. The molecule has 0 atom stereocenters. The van der Waals surface area contributed by atoms with Gasteiger partial charge in [0.25, 0.3) is 0 Å². The van der Waals surface area contributed by atoms with Crippen LogP contribution >= 0.6 is 11.8 Å². The van der Waals surface area contributed by atoms with E-state index in [1.54, 1.807) is 11.1 Å². The number of nitrogens with zero attached hydrogens (tertiary/aromatic N) is 5. The van der Waals surface area contributed by atoms with Gasteiger partial charge in [-0.15, -0.1) is 0 Å². The smallest absolute Gasteiger partial charge is 0.410 e. The van der Waals surface area contributed by atoms with Crippen molar-refractivity contribution >= 4 is 34.6 Å². The lowest BCUT2D eigenvalue weighted by Crippen LogP contribution is -2.60. The van der Waals surface area contributed by atoms with E-state index in [1.165, 1.54) is 11.8 Å². The molecule has 180 valence electrons. The number of aryl methyl sites for hydroxylation is 1. The van der Waals surface area contributed by atoms with Gasteiger partial charge in [0.2, 0.25) is 0 Å². The average Bonchev–Trinajstić information content (AvgIpc) is 3.39. The van der Waals surface area contributed by atoms with Gasteiger partial charge >= 0.3 is 6.09 Å². The van der Waals surface area contributed by atoms with E-state index in [2.05, 4.69) is 20.2 Å². The number of halogens is 1. The van der Waals surface area contributed by atoms with Gasteiger partial charge in [-0.25, -0.2) is 19.2 Å². The lowest BCUT2D eigenvalue weighted by Gasteiger charge is -2.47. The number of H-pyrrole nitrogens is 1. The zero-order valence-corrected chi connectivity index (χ0v) is 20.9. The number of likely N-dealkylation sites (tertiary alicyclic amines) is 1. The molecule has 34 heavy (non-hydrogen) atoms. The van der Waals surface area contributed by atoms with Crippen LogP contribution in [0.4, 0.5) is 15.0 Å². The number of amides is 1. The van der Waals surface area contributed by atoms with Gasteiger partial charge in [-0.3, -0.25) is 5.10 Å². The van der Waals surface area contributed by atoms with Crippen LogP contribution < -0.4 is 4.90 Å². The number of nitrogens with one attached hydrogen (secondary N) is 1. The number of anilines is 1. The Morgan fingerprint density at radius 3 is 2.71 bits per heavy atom. The molecule has 1 spiro atoms. The van der Waals surface area contributed by atoms with Crippen LogP contribution in [0.1, 0.15) is 32.8 Å².